The topological polar surface area (TPSA) is 35.2 Å². The molecule has 0 bridgehead atoms. The fraction of sp³-hybridized carbons (Fsp3) is 0.250. The normalized spacial score (nSPS) is 10.5. The zero-order valence-corrected chi connectivity index (χ0v) is 6.64. The Bertz CT molecular complexity index is 291. The van der Waals surface area contributed by atoms with E-state index in [9.17, 15) is 13.2 Å². The van der Waals surface area contributed by atoms with E-state index in [0.29, 0.717) is 5.56 Å². The molecule has 0 atom stereocenters. The van der Waals surface area contributed by atoms with Gasteiger partial charge in [-0.05, 0) is 6.07 Å². The molecule has 0 saturated heterocycles. The fourth-order valence-electron chi connectivity index (χ4n) is 0.903. The van der Waals surface area contributed by atoms with Gasteiger partial charge in [-0.1, -0.05) is 6.07 Å². The molecule has 1 aromatic rings. The number of hydrogen-bond acceptors (Lipinski definition) is 2. The van der Waals surface area contributed by atoms with Crippen molar-refractivity contribution in [3.05, 3.63) is 29.6 Å². The fourth-order valence-corrected chi connectivity index (χ4v) is 0.903. The maximum Gasteiger partial charge on any atom is 0.387 e. The molecule has 5 heteroatoms. The van der Waals surface area contributed by atoms with Crippen molar-refractivity contribution in [3.8, 4) is 5.75 Å². The lowest BCUT2D eigenvalue weighted by Gasteiger charge is -2.08. The first-order valence-corrected chi connectivity index (χ1v) is 3.57. The van der Waals surface area contributed by atoms with E-state index in [0.717, 1.165) is 12.1 Å². The molecule has 13 heavy (non-hydrogen) atoms. The minimum absolute atomic E-state index is 0.0301. The van der Waals surface area contributed by atoms with Crippen LogP contribution in [0.15, 0.2) is 18.2 Å². The van der Waals surface area contributed by atoms with Gasteiger partial charge in [-0.25, -0.2) is 4.39 Å². The van der Waals surface area contributed by atoms with Gasteiger partial charge >= 0.3 is 6.61 Å². The molecule has 0 heterocycles. The van der Waals surface area contributed by atoms with Crippen molar-refractivity contribution in [2.45, 2.75) is 13.2 Å². The lowest BCUT2D eigenvalue weighted by Crippen LogP contribution is -2.07. The van der Waals surface area contributed by atoms with Crippen LogP contribution in [-0.2, 0) is 6.54 Å². The van der Waals surface area contributed by atoms with Crippen molar-refractivity contribution in [1.29, 1.82) is 0 Å². The van der Waals surface area contributed by atoms with E-state index in [2.05, 4.69) is 4.74 Å². The second-order valence-electron chi connectivity index (χ2n) is 2.33. The molecule has 2 nitrogen and oxygen atoms in total. The molecule has 1 rings (SSSR count). The smallest absolute Gasteiger partial charge is 0.387 e. The molecule has 1 aromatic carbocycles. The Balaban J connectivity index is 2.94. The highest BCUT2D eigenvalue weighted by molar-refractivity contribution is 5.33. The Morgan fingerprint density at radius 3 is 2.62 bits per heavy atom. The van der Waals surface area contributed by atoms with Crippen LogP contribution >= 0.6 is 0 Å². The molecule has 0 fully saturated rings. The van der Waals surface area contributed by atoms with Crippen LogP contribution in [0.4, 0.5) is 13.2 Å². The molecule has 0 aromatic heterocycles. The quantitative estimate of drug-likeness (QED) is 0.791. The SMILES string of the molecule is NCc1ccc(F)cc1OC(F)F. The summed E-state index contributed by atoms with van der Waals surface area (Å²) in [5, 5.41) is 0. The summed E-state index contributed by atoms with van der Waals surface area (Å²) >= 11 is 0. The molecule has 0 aliphatic carbocycles. The maximum absolute atomic E-state index is 12.6. The van der Waals surface area contributed by atoms with Gasteiger partial charge in [0, 0.05) is 18.2 Å². The largest absolute Gasteiger partial charge is 0.434 e. The number of alkyl halides is 2. The number of nitrogens with two attached hydrogens (primary N) is 1. The summed E-state index contributed by atoms with van der Waals surface area (Å²) < 4.78 is 40.2. The van der Waals surface area contributed by atoms with Gasteiger partial charge in [0.05, 0.1) is 0 Å². The lowest BCUT2D eigenvalue weighted by molar-refractivity contribution is -0.0505. The average Bonchev–Trinajstić information content (AvgIpc) is 2.03. The molecular formula is C8H8F3NO. The van der Waals surface area contributed by atoms with Crippen LogP contribution in [0.2, 0.25) is 0 Å². The van der Waals surface area contributed by atoms with E-state index in [1.54, 1.807) is 0 Å². The summed E-state index contributed by atoms with van der Waals surface area (Å²) in [6, 6.07) is 3.34. The van der Waals surface area contributed by atoms with Crippen LogP contribution in [0.5, 0.6) is 5.75 Å². The minimum Gasteiger partial charge on any atom is -0.434 e. The molecular weight excluding hydrogens is 183 g/mol. The Hall–Kier alpha value is -1.23. The summed E-state index contributed by atoms with van der Waals surface area (Å²) in [4.78, 5) is 0. The van der Waals surface area contributed by atoms with Gasteiger partial charge in [-0.3, -0.25) is 0 Å². The van der Waals surface area contributed by atoms with Crippen molar-refractivity contribution < 1.29 is 17.9 Å². The van der Waals surface area contributed by atoms with E-state index in [1.807, 2.05) is 0 Å². The van der Waals surface area contributed by atoms with Crippen LogP contribution in [0, 0.1) is 5.82 Å². The Kier molecular flexibility index (Phi) is 3.13. The van der Waals surface area contributed by atoms with Crippen molar-refractivity contribution in [1.82, 2.24) is 0 Å². The third kappa shape index (κ3) is 2.62. The minimum atomic E-state index is -2.97. The Morgan fingerprint density at radius 1 is 1.38 bits per heavy atom. The second kappa shape index (κ2) is 4.13. The van der Waals surface area contributed by atoms with Crippen LogP contribution in [-0.4, -0.2) is 6.61 Å². The van der Waals surface area contributed by atoms with Crippen molar-refractivity contribution >= 4 is 0 Å². The van der Waals surface area contributed by atoms with E-state index in [1.165, 1.54) is 6.07 Å². The maximum atomic E-state index is 12.6. The zero-order chi connectivity index (χ0) is 9.84. The summed E-state index contributed by atoms with van der Waals surface area (Å²) in [5.74, 6) is -0.842. The standard InChI is InChI=1S/C8H8F3NO/c9-6-2-1-5(4-12)7(3-6)13-8(10)11/h1-3,8H,4,12H2. The first-order valence-electron chi connectivity index (χ1n) is 3.57. The predicted octanol–water partition coefficient (Wildman–Crippen LogP) is 1.89. The lowest BCUT2D eigenvalue weighted by atomic mass is 10.2. The Morgan fingerprint density at radius 2 is 2.08 bits per heavy atom. The molecule has 0 aliphatic heterocycles. The molecule has 2 N–H and O–H groups in total. The predicted molar refractivity (Wildman–Crippen MR) is 40.9 cm³/mol. The number of benzene rings is 1. The first kappa shape index (κ1) is 9.85. The number of rotatable bonds is 3. The highest BCUT2D eigenvalue weighted by Crippen LogP contribution is 2.21. The van der Waals surface area contributed by atoms with Gasteiger partial charge in [0.15, 0.2) is 0 Å². The highest BCUT2D eigenvalue weighted by atomic mass is 19.3. The van der Waals surface area contributed by atoms with Gasteiger partial charge in [0.25, 0.3) is 0 Å². The second-order valence-corrected chi connectivity index (χ2v) is 2.33. The Labute approximate surface area is 73.1 Å². The number of hydrogen-bond donors (Lipinski definition) is 1. The molecule has 0 unspecified atom stereocenters. The molecule has 0 saturated carbocycles. The van der Waals surface area contributed by atoms with Crippen molar-refractivity contribution in [2.24, 2.45) is 5.73 Å². The van der Waals surface area contributed by atoms with Crippen molar-refractivity contribution in [2.75, 3.05) is 0 Å². The van der Waals surface area contributed by atoms with E-state index >= 15 is 0 Å². The van der Waals surface area contributed by atoms with Crippen molar-refractivity contribution in [3.63, 3.8) is 0 Å². The van der Waals surface area contributed by atoms with E-state index < -0.39 is 12.4 Å². The molecule has 0 amide bonds. The van der Waals surface area contributed by atoms with Gasteiger partial charge in [0.1, 0.15) is 11.6 Å². The molecule has 0 radical (unpaired) electrons. The van der Waals surface area contributed by atoms with Gasteiger partial charge in [-0.2, -0.15) is 8.78 Å². The summed E-state index contributed by atoms with van der Waals surface area (Å²) in [5.41, 5.74) is 5.58. The molecule has 0 aliphatic rings. The summed E-state index contributed by atoms with van der Waals surface area (Å²) in [6.07, 6.45) is 0. The summed E-state index contributed by atoms with van der Waals surface area (Å²) in [6.45, 7) is -2.94. The molecule has 72 valence electrons. The third-order valence-electron chi connectivity index (χ3n) is 1.47. The van der Waals surface area contributed by atoms with E-state index in [4.69, 9.17) is 5.73 Å². The van der Waals surface area contributed by atoms with E-state index in [-0.39, 0.29) is 12.3 Å². The van der Waals surface area contributed by atoms with Crippen LogP contribution in [0.25, 0.3) is 0 Å². The van der Waals surface area contributed by atoms with Crippen LogP contribution < -0.4 is 10.5 Å². The first-order chi connectivity index (χ1) is 6.13. The van der Waals surface area contributed by atoms with Gasteiger partial charge < -0.3 is 10.5 Å². The zero-order valence-electron chi connectivity index (χ0n) is 6.64. The average molecular weight is 191 g/mol. The molecule has 0 spiro atoms. The summed E-state index contributed by atoms with van der Waals surface area (Å²) in [7, 11) is 0. The number of ether oxygens (including phenoxy) is 1. The van der Waals surface area contributed by atoms with Gasteiger partial charge in [0.2, 0.25) is 0 Å². The monoisotopic (exact) mass is 191 g/mol. The highest BCUT2D eigenvalue weighted by Gasteiger charge is 2.09. The van der Waals surface area contributed by atoms with Gasteiger partial charge in [-0.15, -0.1) is 0 Å². The van der Waals surface area contributed by atoms with Crippen LogP contribution in [0.1, 0.15) is 5.56 Å². The van der Waals surface area contributed by atoms with Crippen LogP contribution in [0.3, 0.4) is 0 Å². The third-order valence-corrected chi connectivity index (χ3v) is 1.47. The number of halogens is 3.